The van der Waals surface area contributed by atoms with Crippen molar-refractivity contribution in [3.05, 3.63) is 63.4 Å². The fourth-order valence-corrected chi connectivity index (χ4v) is 3.72. The standard InChI is InChI=1S/C22H23N3O3/c1-14-7-8-19-21-16(13-25(19)22(14)27)12-17-15(4-2-6-18(17)24-21)5-3-11-28-20(26)9-10-23/h2,4,6-8,12H,3,5,9-11,13,23H2,1H3. The Balaban J connectivity index is 1.59. The predicted octanol–water partition coefficient (Wildman–Crippen LogP) is 2.56. The van der Waals surface area contributed by atoms with Gasteiger partial charge in [-0.15, -0.1) is 0 Å². The molecule has 0 spiro atoms. The Morgan fingerprint density at radius 2 is 2.14 bits per heavy atom. The molecule has 1 aliphatic rings. The van der Waals surface area contributed by atoms with Crippen LogP contribution in [0.25, 0.3) is 22.3 Å². The Hall–Kier alpha value is -2.99. The lowest BCUT2D eigenvalue weighted by Crippen LogP contribution is -2.20. The van der Waals surface area contributed by atoms with Crippen molar-refractivity contribution in [2.45, 2.75) is 32.7 Å². The van der Waals surface area contributed by atoms with Crippen LogP contribution in [-0.4, -0.2) is 28.7 Å². The molecule has 0 atom stereocenters. The van der Waals surface area contributed by atoms with Gasteiger partial charge >= 0.3 is 5.97 Å². The van der Waals surface area contributed by atoms with Crippen LogP contribution in [0.5, 0.6) is 0 Å². The van der Waals surface area contributed by atoms with Gasteiger partial charge in [0.1, 0.15) is 0 Å². The van der Waals surface area contributed by atoms with Gasteiger partial charge in [0.25, 0.3) is 5.56 Å². The SMILES string of the molecule is Cc1ccc2n(c1=O)Cc1cc3c(CCCOC(=O)CCN)cccc3nc1-2. The van der Waals surface area contributed by atoms with E-state index in [1.165, 1.54) is 5.56 Å². The van der Waals surface area contributed by atoms with Gasteiger partial charge in [0.05, 0.1) is 36.5 Å². The molecule has 3 heterocycles. The summed E-state index contributed by atoms with van der Waals surface area (Å²) in [6.45, 7) is 3.08. The number of pyridine rings is 2. The van der Waals surface area contributed by atoms with Gasteiger partial charge in [-0.05, 0) is 43.5 Å². The largest absolute Gasteiger partial charge is 0.466 e. The smallest absolute Gasteiger partial charge is 0.307 e. The Morgan fingerprint density at radius 1 is 1.29 bits per heavy atom. The van der Waals surface area contributed by atoms with Gasteiger partial charge in [0.2, 0.25) is 0 Å². The number of hydrogen-bond acceptors (Lipinski definition) is 5. The molecule has 1 aromatic carbocycles. The van der Waals surface area contributed by atoms with E-state index in [2.05, 4.69) is 12.1 Å². The molecule has 0 saturated heterocycles. The monoisotopic (exact) mass is 377 g/mol. The number of aryl methyl sites for hydroxylation is 2. The number of benzene rings is 1. The Kier molecular flexibility index (Phi) is 4.96. The van der Waals surface area contributed by atoms with Crippen molar-refractivity contribution >= 4 is 16.9 Å². The van der Waals surface area contributed by atoms with Crippen LogP contribution in [0.3, 0.4) is 0 Å². The van der Waals surface area contributed by atoms with Crippen molar-refractivity contribution in [1.29, 1.82) is 0 Å². The number of rotatable bonds is 6. The summed E-state index contributed by atoms with van der Waals surface area (Å²) in [7, 11) is 0. The van der Waals surface area contributed by atoms with Crippen LogP contribution in [0.4, 0.5) is 0 Å². The van der Waals surface area contributed by atoms with E-state index in [0.717, 1.165) is 46.3 Å². The Labute approximate surface area is 163 Å². The van der Waals surface area contributed by atoms with E-state index in [-0.39, 0.29) is 17.9 Å². The minimum absolute atomic E-state index is 0.0408. The second-order valence-electron chi connectivity index (χ2n) is 7.14. The first-order chi connectivity index (χ1) is 13.6. The minimum Gasteiger partial charge on any atom is -0.466 e. The van der Waals surface area contributed by atoms with Crippen LogP contribution in [0, 0.1) is 6.92 Å². The number of ether oxygens (including phenoxy) is 1. The van der Waals surface area contributed by atoms with Crippen molar-refractivity contribution < 1.29 is 9.53 Å². The summed E-state index contributed by atoms with van der Waals surface area (Å²) in [5.41, 5.74) is 11.1. The van der Waals surface area contributed by atoms with Gasteiger partial charge in [-0.3, -0.25) is 9.59 Å². The van der Waals surface area contributed by atoms with Crippen molar-refractivity contribution in [3.63, 3.8) is 0 Å². The van der Waals surface area contributed by atoms with E-state index in [1.807, 2.05) is 31.2 Å². The molecule has 28 heavy (non-hydrogen) atoms. The third-order valence-electron chi connectivity index (χ3n) is 5.17. The Morgan fingerprint density at radius 3 is 2.96 bits per heavy atom. The number of esters is 1. The molecule has 2 N–H and O–H groups in total. The fraction of sp³-hybridized carbons (Fsp3) is 0.318. The van der Waals surface area contributed by atoms with E-state index >= 15 is 0 Å². The van der Waals surface area contributed by atoms with Gasteiger partial charge in [-0.25, -0.2) is 4.98 Å². The molecule has 2 aromatic heterocycles. The quantitative estimate of drug-likeness (QED) is 0.412. The van der Waals surface area contributed by atoms with E-state index in [4.69, 9.17) is 15.5 Å². The summed E-state index contributed by atoms with van der Waals surface area (Å²) in [6, 6.07) is 12.0. The number of nitrogens with two attached hydrogens (primary N) is 1. The molecule has 6 heteroatoms. The van der Waals surface area contributed by atoms with Gasteiger partial charge in [-0.2, -0.15) is 0 Å². The molecule has 0 aliphatic carbocycles. The first-order valence-electron chi connectivity index (χ1n) is 9.56. The summed E-state index contributed by atoms with van der Waals surface area (Å²) in [5.74, 6) is -0.251. The first-order valence-corrected chi connectivity index (χ1v) is 9.56. The summed E-state index contributed by atoms with van der Waals surface area (Å²) in [6.07, 6.45) is 1.79. The maximum absolute atomic E-state index is 12.5. The van der Waals surface area contributed by atoms with E-state index in [0.29, 0.717) is 19.7 Å². The average molecular weight is 377 g/mol. The van der Waals surface area contributed by atoms with Gasteiger partial charge in [0, 0.05) is 23.1 Å². The van der Waals surface area contributed by atoms with Gasteiger partial charge < -0.3 is 15.0 Å². The fourth-order valence-electron chi connectivity index (χ4n) is 3.72. The lowest BCUT2D eigenvalue weighted by molar-refractivity contribution is -0.143. The second-order valence-corrected chi connectivity index (χ2v) is 7.14. The van der Waals surface area contributed by atoms with E-state index in [1.54, 1.807) is 4.57 Å². The zero-order valence-electron chi connectivity index (χ0n) is 15.9. The highest BCUT2D eigenvalue weighted by atomic mass is 16.5. The molecule has 0 amide bonds. The number of carbonyl (C=O) groups excluding carboxylic acids is 1. The molecule has 144 valence electrons. The molecule has 0 fully saturated rings. The zero-order valence-corrected chi connectivity index (χ0v) is 15.9. The normalized spacial score (nSPS) is 12.1. The summed E-state index contributed by atoms with van der Waals surface area (Å²) >= 11 is 0. The maximum Gasteiger partial charge on any atom is 0.307 e. The lowest BCUT2D eigenvalue weighted by Gasteiger charge is -2.09. The van der Waals surface area contributed by atoms with Crippen LogP contribution in [0.1, 0.15) is 29.5 Å². The van der Waals surface area contributed by atoms with E-state index in [9.17, 15) is 9.59 Å². The third kappa shape index (κ3) is 3.31. The highest BCUT2D eigenvalue weighted by molar-refractivity contribution is 5.86. The summed E-state index contributed by atoms with van der Waals surface area (Å²) < 4.78 is 6.98. The minimum atomic E-state index is -0.251. The van der Waals surface area contributed by atoms with Crippen LogP contribution >= 0.6 is 0 Å². The topological polar surface area (TPSA) is 87.2 Å². The molecule has 0 radical (unpaired) electrons. The number of carbonyl (C=O) groups is 1. The number of hydrogen-bond donors (Lipinski definition) is 1. The lowest BCUT2D eigenvalue weighted by atomic mass is 10.0. The van der Waals surface area contributed by atoms with Crippen molar-refractivity contribution in [1.82, 2.24) is 9.55 Å². The number of fused-ring (bicyclic) bond motifs is 4. The summed E-state index contributed by atoms with van der Waals surface area (Å²) in [4.78, 5) is 28.7. The molecule has 6 nitrogen and oxygen atoms in total. The van der Waals surface area contributed by atoms with Gasteiger partial charge in [0.15, 0.2) is 0 Å². The van der Waals surface area contributed by atoms with E-state index < -0.39 is 0 Å². The Bertz CT molecular complexity index is 1120. The predicted molar refractivity (Wildman–Crippen MR) is 108 cm³/mol. The molecular formula is C22H23N3O3. The molecule has 0 unspecified atom stereocenters. The van der Waals surface area contributed by atoms with Crippen molar-refractivity contribution in [2.24, 2.45) is 5.73 Å². The van der Waals surface area contributed by atoms with Crippen LogP contribution < -0.4 is 11.3 Å². The number of nitrogens with zero attached hydrogens (tertiary/aromatic N) is 2. The van der Waals surface area contributed by atoms with Crippen LogP contribution in [0.2, 0.25) is 0 Å². The summed E-state index contributed by atoms with van der Waals surface area (Å²) in [5, 5.41) is 1.09. The molecule has 1 aliphatic heterocycles. The molecule has 0 saturated carbocycles. The second kappa shape index (κ2) is 7.56. The van der Waals surface area contributed by atoms with Gasteiger partial charge in [-0.1, -0.05) is 18.2 Å². The molecular weight excluding hydrogens is 354 g/mol. The average Bonchev–Trinajstić information content (AvgIpc) is 3.05. The molecule has 3 aromatic rings. The zero-order chi connectivity index (χ0) is 19.7. The maximum atomic E-state index is 12.5. The number of aromatic nitrogens is 2. The highest BCUT2D eigenvalue weighted by Crippen LogP contribution is 2.32. The highest BCUT2D eigenvalue weighted by Gasteiger charge is 2.22. The van der Waals surface area contributed by atoms with Crippen LogP contribution in [0.15, 0.2) is 41.2 Å². The molecule has 0 bridgehead atoms. The third-order valence-corrected chi connectivity index (χ3v) is 5.17. The van der Waals surface area contributed by atoms with Crippen molar-refractivity contribution in [3.8, 4) is 11.4 Å². The molecule has 4 rings (SSSR count). The van der Waals surface area contributed by atoms with Crippen molar-refractivity contribution in [2.75, 3.05) is 13.2 Å². The van der Waals surface area contributed by atoms with Crippen LogP contribution in [-0.2, 0) is 22.5 Å². The first kappa shape index (κ1) is 18.4.